The Kier molecular flexibility index (Phi) is 4.56. The second kappa shape index (κ2) is 6.37. The summed E-state index contributed by atoms with van der Waals surface area (Å²) in [6.07, 6.45) is 2.63. The van der Waals surface area contributed by atoms with E-state index in [1.165, 1.54) is 6.07 Å². The maximum absolute atomic E-state index is 13.4. The van der Waals surface area contributed by atoms with Crippen LogP contribution in [0.5, 0.6) is 0 Å². The molecule has 0 aliphatic carbocycles. The third kappa shape index (κ3) is 3.26. The van der Waals surface area contributed by atoms with Gasteiger partial charge in [0.2, 0.25) is 0 Å². The molecule has 1 atom stereocenters. The first kappa shape index (κ1) is 14.3. The molecule has 0 saturated heterocycles. The van der Waals surface area contributed by atoms with Crippen LogP contribution in [0.25, 0.3) is 0 Å². The predicted molar refractivity (Wildman–Crippen MR) is 81.6 cm³/mol. The Balaban J connectivity index is 2.27. The fourth-order valence-electron chi connectivity index (χ4n) is 2.20. The maximum atomic E-state index is 13.4. The first-order valence-corrected chi connectivity index (χ1v) is 6.76. The lowest BCUT2D eigenvalue weighted by Crippen LogP contribution is -2.16. The van der Waals surface area contributed by atoms with E-state index in [2.05, 4.69) is 17.2 Å². The lowest BCUT2D eigenvalue weighted by molar-refractivity contribution is 0.621. The molecule has 0 saturated carbocycles. The zero-order valence-corrected chi connectivity index (χ0v) is 12.1. The van der Waals surface area contributed by atoms with E-state index >= 15 is 0 Å². The molecule has 4 heteroatoms. The van der Waals surface area contributed by atoms with Crippen molar-refractivity contribution in [3.63, 3.8) is 0 Å². The molecule has 1 unspecified atom stereocenters. The summed E-state index contributed by atoms with van der Waals surface area (Å²) in [5.74, 6) is 0.670. The van der Waals surface area contributed by atoms with Crippen LogP contribution in [0.1, 0.15) is 24.9 Å². The van der Waals surface area contributed by atoms with Crippen LogP contribution in [-0.2, 0) is 0 Å². The largest absolute Gasteiger partial charge is 0.375 e. The van der Waals surface area contributed by atoms with Gasteiger partial charge in [0.25, 0.3) is 0 Å². The van der Waals surface area contributed by atoms with Gasteiger partial charge in [-0.3, -0.25) is 0 Å². The Morgan fingerprint density at radius 1 is 1.25 bits per heavy atom. The third-order valence-electron chi connectivity index (χ3n) is 3.20. The zero-order valence-electron chi connectivity index (χ0n) is 12.1. The van der Waals surface area contributed by atoms with Gasteiger partial charge >= 0.3 is 0 Å². The van der Waals surface area contributed by atoms with E-state index in [1.807, 2.05) is 37.2 Å². The van der Waals surface area contributed by atoms with Gasteiger partial charge in [-0.2, -0.15) is 0 Å². The molecule has 1 heterocycles. The Labute approximate surface area is 119 Å². The monoisotopic (exact) mass is 273 g/mol. The van der Waals surface area contributed by atoms with E-state index < -0.39 is 0 Å². The van der Waals surface area contributed by atoms with Crippen LogP contribution in [0, 0.1) is 5.82 Å². The van der Waals surface area contributed by atoms with Gasteiger partial charge in [0.1, 0.15) is 5.82 Å². The summed E-state index contributed by atoms with van der Waals surface area (Å²) in [5, 5.41) is 3.45. The lowest BCUT2D eigenvalue weighted by Gasteiger charge is -2.22. The Morgan fingerprint density at radius 3 is 2.70 bits per heavy atom. The molecule has 2 aromatic rings. The van der Waals surface area contributed by atoms with Crippen LogP contribution in [0.2, 0.25) is 0 Å². The first-order valence-electron chi connectivity index (χ1n) is 6.76. The van der Waals surface area contributed by atoms with Gasteiger partial charge < -0.3 is 10.2 Å². The third-order valence-corrected chi connectivity index (χ3v) is 3.20. The second-order valence-electron chi connectivity index (χ2n) is 4.93. The number of rotatable bonds is 5. The Morgan fingerprint density at radius 2 is 2.05 bits per heavy atom. The summed E-state index contributed by atoms with van der Waals surface area (Å²) in [4.78, 5) is 6.33. The number of anilines is 2. The van der Waals surface area contributed by atoms with E-state index in [1.54, 1.807) is 18.3 Å². The topological polar surface area (TPSA) is 28.2 Å². The van der Waals surface area contributed by atoms with Gasteiger partial charge in [-0.25, -0.2) is 9.37 Å². The smallest absolute Gasteiger partial charge is 0.151 e. The number of nitrogens with one attached hydrogen (secondary N) is 1. The molecular formula is C16H20FN3. The number of hydrogen-bond acceptors (Lipinski definition) is 3. The van der Waals surface area contributed by atoms with Crippen LogP contribution in [0.15, 0.2) is 42.6 Å². The summed E-state index contributed by atoms with van der Waals surface area (Å²) >= 11 is 0. The van der Waals surface area contributed by atoms with Crippen molar-refractivity contribution >= 4 is 11.5 Å². The number of aromatic nitrogens is 1. The van der Waals surface area contributed by atoms with Crippen molar-refractivity contribution in [3.05, 3.63) is 54.0 Å². The molecule has 0 bridgehead atoms. The van der Waals surface area contributed by atoms with E-state index in [-0.39, 0.29) is 11.9 Å². The molecule has 0 spiro atoms. The summed E-state index contributed by atoms with van der Waals surface area (Å²) in [6.45, 7) is 2.08. The van der Waals surface area contributed by atoms with E-state index in [4.69, 9.17) is 0 Å². The fraction of sp³-hybridized carbons (Fsp3) is 0.312. The summed E-state index contributed by atoms with van der Waals surface area (Å²) in [5.41, 5.74) is 1.90. The number of pyridine rings is 1. The van der Waals surface area contributed by atoms with Crippen LogP contribution >= 0.6 is 0 Å². The second-order valence-corrected chi connectivity index (χ2v) is 4.93. The summed E-state index contributed by atoms with van der Waals surface area (Å²) in [6, 6.07) is 10.7. The standard InChI is InChI=1S/C16H20FN3/c1-4-14(12-7-5-8-13(17)11-12)19-15-9-6-10-18-16(15)20(2)3/h5-11,14,19H,4H2,1-3H3. The highest BCUT2D eigenvalue weighted by Crippen LogP contribution is 2.27. The fourth-order valence-corrected chi connectivity index (χ4v) is 2.20. The van der Waals surface area contributed by atoms with Crippen molar-refractivity contribution in [1.82, 2.24) is 4.98 Å². The molecule has 0 radical (unpaired) electrons. The molecule has 0 aliphatic heterocycles. The molecule has 20 heavy (non-hydrogen) atoms. The minimum atomic E-state index is -0.207. The van der Waals surface area contributed by atoms with Crippen molar-refractivity contribution in [2.75, 3.05) is 24.3 Å². The number of hydrogen-bond donors (Lipinski definition) is 1. The number of halogens is 1. The Hall–Kier alpha value is -2.10. The van der Waals surface area contributed by atoms with Crippen molar-refractivity contribution < 1.29 is 4.39 Å². The molecule has 1 N–H and O–H groups in total. The van der Waals surface area contributed by atoms with Crippen molar-refractivity contribution in [3.8, 4) is 0 Å². The van der Waals surface area contributed by atoms with Crippen molar-refractivity contribution in [2.24, 2.45) is 0 Å². The maximum Gasteiger partial charge on any atom is 0.151 e. The molecule has 106 valence electrons. The predicted octanol–water partition coefficient (Wildman–Crippen LogP) is 3.85. The SMILES string of the molecule is CCC(Nc1cccnc1N(C)C)c1cccc(F)c1. The molecule has 0 aliphatic rings. The highest BCUT2D eigenvalue weighted by atomic mass is 19.1. The highest BCUT2D eigenvalue weighted by molar-refractivity contribution is 5.65. The normalized spacial score (nSPS) is 12.0. The summed E-state index contributed by atoms with van der Waals surface area (Å²) in [7, 11) is 3.91. The molecular weight excluding hydrogens is 253 g/mol. The van der Waals surface area contributed by atoms with Crippen LogP contribution in [-0.4, -0.2) is 19.1 Å². The Bertz CT molecular complexity index is 569. The number of nitrogens with zero attached hydrogens (tertiary/aromatic N) is 2. The first-order chi connectivity index (χ1) is 9.61. The van der Waals surface area contributed by atoms with E-state index in [0.29, 0.717) is 0 Å². The van der Waals surface area contributed by atoms with Gasteiger partial charge in [-0.1, -0.05) is 19.1 Å². The molecule has 2 rings (SSSR count). The van der Waals surface area contributed by atoms with Gasteiger partial charge in [0.05, 0.1) is 11.7 Å². The van der Waals surface area contributed by atoms with Gasteiger partial charge in [0, 0.05) is 20.3 Å². The molecule has 0 amide bonds. The van der Waals surface area contributed by atoms with Crippen molar-refractivity contribution in [2.45, 2.75) is 19.4 Å². The van der Waals surface area contributed by atoms with Crippen LogP contribution < -0.4 is 10.2 Å². The highest BCUT2D eigenvalue weighted by Gasteiger charge is 2.13. The molecule has 1 aromatic carbocycles. The van der Waals surface area contributed by atoms with Gasteiger partial charge in [-0.15, -0.1) is 0 Å². The number of benzene rings is 1. The average molecular weight is 273 g/mol. The van der Waals surface area contributed by atoms with E-state index in [9.17, 15) is 4.39 Å². The molecule has 3 nitrogen and oxygen atoms in total. The minimum absolute atomic E-state index is 0.0635. The molecule has 0 fully saturated rings. The van der Waals surface area contributed by atoms with Crippen LogP contribution in [0.4, 0.5) is 15.9 Å². The quantitative estimate of drug-likeness (QED) is 0.897. The van der Waals surface area contributed by atoms with Crippen molar-refractivity contribution in [1.29, 1.82) is 0 Å². The van der Waals surface area contributed by atoms with E-state index in [0.717, 1.165) is 23.5 Å². The minimum Gasteiger partial charge on any atom is -0.375 e. The summed E-state index contributed by atoms with van der Waals surface area (Å²) < 4.78 is 13.4. The average Bonchev–Trinajstić information content (AvgIpc) is 2.45. The zero-order chi connectivity index (χ0) is 14.5. The lowest BCUT2D eigenvalue weighted by atomic mass is 10.0. The van der Waals surface area contributed by atoms with Gasteiger partial charge in [0.15, 0.2) is 5.82 Å². The van der Waals surface area contributed by atoms with Crippen LogP contribution in [0.3, 0.4) is 0 Å². The van der Waals surface area contributed by atoms with Gasteiger partial charge in [-0.05, 0) is 36.2 Å². The molecule has 1 aromatic heterocycles.